The van der Waals surface area contributed by atoms with Crippen molar-refractivity contribution in [1.29, 1.82) is 0 Å². The van der Waals surface area contributed by atoms with E-state index in [1.165, 1.54) is 0 Å². The molecule has 0 spiro atoms. The molecule has 0 aliphatic rings. The predicted octanol–water partition coefficient (Wildman–Crippen LogP) is 1.59. The Bertz CT molecular complexity index is 116. The number of hydrogen-bond acceptors (Lipinski definition) is 1. The number of hydrogen-bond donors (Lipinski definition) is 1. The lowest BCUT2D eigenvalue weighted by Crippen LogP contribution is -1.87. The summed E-state index contributed by atoms with van der Waals surface area (Å²) < 4.78 is 0. The fourth-order valence-corrected chi connectivity index (χ4v) is 0.286. The lowest BCUT2D eigenvalue weighted by Gasteiger charge is -1.80. The molecule has 1 nitrogen and oxygen atoms in total. The van der Waals surface area contributed by atoms with Crippen LogP contribution >= 0.6 is 0 Å². The van der Waals surface area contributed by atoms with Gasteiger partial charge < -0.3 is 5.73 Å². The second kappa shape index (κ2) is 4.19. The van der Waals surface area contributed by atoms with Crippen LogP contribution in [0.2, 0.25) is 0 Å². The first-order chi connectivity index (χ1) is 3.77. The highest BCUT2D eigenvalue weighted by Crippen LogP contribution is 1.80. The number of nitrogens with two attached hydrogens (primary N) is 1. The highest BCUT2D eigenvalue weighted by Gasteiger charge is 1.66. The van der Waals surface area contributed by atoms with Gasteiger partial charge in [0.25, 0.3) is 0 Å². The summed E-state index contributed by atoms with van der Waals surface area (Å²) >= 11 is 0. The molecule has 44 valence electrons. The Labute approximate surface area is 50.2 Å². The standard InChI is InChI=1S/C7H11N/c1-3-4-5-6-7(2)8/h3-6H,1,8H2,2H3/b5-4-,7-6-. The summed E-state index contributed by atoms with van der Waals surface area (Å²) in [6.45, 7) is 5.34. The van der Waals surface area contributed by atoms with Gasteiger partial charge in [0.05, 0.1) is 0 Å². The van der Waals surface area contributed by atoms with Crippen LogP contribution in [0.1, 0.15) is 6.92 Å². The molecule has 0 aliphatic heterocycles. The normalized spacial score (nSPS) is 12.4. The molecule has 0 aliphatic carbocycles. The van der Waals surface area contributed by atoms with Crippen LogP contribution in [0.5, 0.6) is 0 Å². The first-order valence-electron chi connectivity index (χ1n) is 2.49. The van der Waals surface area contributed by atoms with Gasteiger partial charge >= 0.3 is 0 Å². The molecule has 0 aromatic rings. The Morgan fingerprint density at radius 2 is 2.12 bits per heavy atom. The zero-order valence-electron chi connectivity index (χ0n) is 5.09. The molecule has 2 N–H and O–H groups in total. The van der Waals surface area contributed by atoms with E-state index < -0.39 is 0 Å². The van der Waals surface area contributed by atoms with Gasteiger partial charge in [-0.25, -0.2) is 0 Å². The van der Waals surface area contributed by atoms with Crippen LogP contribution in [0.25, 0.3) is 0 Å². The summed E-state index contributed by atoms with van der Waals surface area (Å²) in [4.78, 5) is 0. The Hall–Kier alpha value is -0.980. The maximum Gasteiger partial charge on any atom is 0.00488 e. The fraction of sp³-hybridized carbons (Fsp3) is 0.143. The molecule has 0 saturated heterocycles. The molecule has 0 fully saturated rings. The molecule has 0 saturated carbocycles. The quantitative estimate of drug-likeness (QED) is 0.535. The van der Waals surface area contributed by atoms with Crippen LogP contribution in [0.4, 0.5) is 0 Å². The minimum atomic E-state index is 0.808. The molecular weight excluding hydrogens is 98.1 g/mol. The molecule has 0 aromatic heterocycles. The van der Waals surface area contributed by atoms with Crippen LogP contribution in [-0.4, -0.2) is 0 Å². The predicted molar refractivity (Wildman–Crippen MR) is 37.3 cm³/mol. The second-order valence-corrected chi connectivity index (χ2v) is 1.53. The third-order valence-corrected chi connectivity index (χ3v) is 0.606. The van der Waals surface area contributed by atoms with Crippen molar-refractivity contribution >= 4 is 0 Å². The number of allylic oxidation sites excluding steroid dienone is 5. The van der Waals surface area contributed by atoms with Crippen molar-refractivity contribution in [3.8, 4) is 0 Å². The van der Waals surface area contributed by atoms with Gasteiger partial charge in [-0.2, -0.15) is 0 Å². The average molecular weight is 109 g/mol. The van der Waals surface area contributed by atoms with E-state index in [1.54, 1.807) is 6.08 Å². The summed E-state index contributed by atoms with van der Waals surface area (Å²) in [5.74, 6) is 0. The van der Waals surface area contributed by atoms with Gasteiger partial charge in [0.1, 0.15) is 0 Å². The van der Waals surface area contributed by atoms with E-state index in [0.717, 1.165) is 5.70 Å². The Kier molecular flexibility index (Phi) is 3.67. The van der Waals surface area contributed by atoms with E-state index in [2.05, 4.69) is 6.58 Å². The monoisotopic (exact) mass is 109 g/mol. The van der Waals surface area contributed by atoms with E-state index in [0.29, 0.717) is 0 Å². The van der Waals surface area contributed by atoms with Crippen LogP contribution in [0, 0.1) is 0 Å². The largest absolute Gasteiger partial charge is 0.402 e. The summed E-state index contributed by atoms with van der Waals surface area (Å²) in [6.07, 6.45) is 7.21. The zero-order chi connectivity index (χ0) is 6.41. The first kappa shape index (κ1) is 7.02. The summed E-state index contributed by atoms with van der Waals surface area (Å²) in [5.41, 5.74) is 6.12. The van der Waals surface area contributed by atoms with E-state index >= 15 is 0 Å². The lowest BCUT2D eigenvalue weighted by atomic mass is 10.4. The van der Waals surface area contributed by atoms with Crippen molar-refractivity contribution in [2.75, 3.05) is 0 Å². The second-order valence-electron chi connectivity index (χ2n) is 1.53. The molecule has 0 aromatic carbocycles. The molecule has 0 unspecified atom stereocenters. The molecule has 8 heavy (non-hydrogen) atoms. The first-order valence-corrected chi connectivity index (χ1v) is 2.49. The maximum absolute atomic E-state index is 5.31. The molecule has 1 heteroatoms. The van der Waals surface area contributed by atoms with Gasteiger partial charge in [0, 0.05) is 5.70 Å². The molecule has 0 atom stereocenters. The molecule has 0 radical (unpaired) electrons. The van der Waals surface area contributed by atoms with E-state index in [1.807, 2.05) is 25.2 Å². The Morgan fingerprint density at radius 1 is 1.50 bits per heavy atom. The Balaban J connectivity index is 3.57. The van der Waals surface area contributed by atoms with Gasteiger partial charge in [-0.05, 0) is 13.0 Å². The maximum atomic E-state index is 5.31. The minimum Gasteiger partial charge on any atom is -0.402 e. The highest BCUT2D eigenvalue weighted by molar-refractivity contribution is 5.11. The van der Waals surface area contributed by atoms with Gasteiger partial charge in [0.15, 0.2) is 0 Å². The minimum absolute atomic E-state index is 0.808. The van der Waals surface area contributed by atoms with Gasteiger partial charge in [-0.15, -0.1) is 0 Å². The highest BCUT2D eigenvalue weighted by atomic mass is 14.5. The van der Waals surface area contributed by atoms with Crippen molar-refractivity contribution in [3.63, 3.8) is 0 Å². The van der Waals surface area contributed by atoms with Gasteiger partial charge in [-0.3, -0.25) is 0 Å². The molecule has 0 amide bonds. The van der Waals surface area contributed by atoms with Crippen LogP contribution in [0.3, 0.4) is 0 Å². The van der Waals surface area contributed by atoms with Crippen molar-refractivity contribution in [2.24, 2.45) is 5.73 Å². The van der Waals surface area contributed by atoms with Gasteiger partial charge in [-0.1, -0.05) is 24.8 Å². The third kappa shape index (κ3) is 5.02. The van der Waals surface area contributed by atoms with E-state index in [4.69, 9.17) is 5.73 Å². The molecular formula is C7H11N. The van der Waals surface area contributed by atoms with Crippen LogP contribution in [0.15, 0.2) is 36.6 Å². The van der Waals surface area contributed by atoms with Crippen molar-refractivity contribution in [2.45, 2.75) is 6.92 Å². The fourth-order valence-electron chi connectivity index (χ4n) is 0.286. The summed E-state index contributed by atoms with van der Waals surface area (Å²) in [7, 11) is 0. The van der Waals surface area contributed by atoms with E-state index in [-0.39, 0.29) is 0 Å². The lowest BCUT2D eigenvalue weighted by molar-refractivity contribution is 1.32. The summed E-state index contributed by atoms with van der Waals surface area (Å²) in [5, 5.41) is 0. The average Bonchev–Trinajstić information content (AvgIpc) is 1.66. The zero-order valence-corrected chi connectivity index (χ0v) is 5.09. The van der Waals surface area contributed by atoms with Gasteiger partial charge in [0.2, 0.25) is 0 Å². The van der Waals surface area contributed by atoms with Crippen molar-refractivity contribution in [1.82, 2.24) is 0 Å². The smallest absolute Gasteiger partial charge is 0.00488 e. The molecule has 0 rings (SSSR count). The molecule has 0 bridgehead atoms. The SMILES string of the molecule is C=C/C=C\C=C(\C)N. The number of rotatable bonds is 2. The van der Waals surface area contributed by atoms with Crippen molar-refractivity contribution in [3.05, 3.63) is 36.6 Å². The van der Waals surface area contributed by atoms with E-state index in [9.17, 15) is 0 Å². The topological polar surface area (TPSA) is 26.0 Å². The van der Waals surface area contributed by atoms with Crippen molar-refractivity contribution < 1.29 is 0 Å². The van der Waals surface area contributed by atoms with Crippen LogP contribution in [-0.2, 0) is 0 Å². The molecule has 0 heterocycles. The Morgan fingerprint density at radius 3 is 2.50 bits per heavy atom. The summed E-state index contributed by atoms with van der Waals surface area (Å²) in [6, 6.07) is 0. The third-order valence-electron chi connectivity index (χ3n) is 0.606. The van der Waals surface area contributed by atoms with Crippen LogP contribution < -0.4 is 5.73 Å².